The molecule has 70 valence electrons. The molecular weight excluding hydrogens is 234 g/mol. The van der Waals surface area contributed by atoms with Gasteiger partial charge in [0.1, 0.15) is 0 Å². The van der Waals surface area contributed by atoms with Crippen molar-refractivity contribution in [3.63, 3.8) is 0 Å². The zero-order valence-electron chi connectivity index (χ0n) is 6.96. The van der Waals surface area contributed by atoms with Crippen LogP contribution in [0.25, 0.3) is 0 Å². The normalized spacial score (nSPS) is 9.92. The molecule has 0 bridgehead atoms. The lowest BCUT2D eigenvalue weighted by atomic mass is 10.2. The monoisotopic (exact) mass is 243 g/mol. The van der Waals surface area contributed by atoms with Crippen molar-refractivity contribution < 1.29 is 4.79 Å². The van der Waals surface area contributed by atoms with E-state index in [2.05, 4.69) is 20.9 Å². The Morgan fingerprint density at radius 3 is 2.77 bits per heavy atom. The first-order valence-electron chi connectivity index (χ1n) is 3.76. The lowest BCUT2D eigenvalue weighted by Crippen LogP contribution is -2.16. The predicted molar refractivity (Wildman–Crippen MR) is 54.7 cm³/mol. The number of halogens is 1. The van der Waals surface area contributed by atoms with Crippen LogP contribution >= 0.6 is 15.9 Å². The van der Waals surface area contributed by atoms with Gasteiger partial charge in [0.2, 0.25) is 0 Å². The van der Waals surface area contributed by atoms with E-state index in [9.17, 15) is 4.79 Å². The van der Waals surface area contributed by atoms with E-state index >= 15 is 0 Å². The molecule has 1 aromatic heterocycles. The van der Waals surface area contributed by atoms with Crippen LogP contribution in [0.15, 0.2) is 12.1 Å². The first kappa shape index (κ1) is 9.98. The fraction of sp³-hybridized carbons (Fsp3) is 0.250. The summed E-state index contributed by atoms with van der Waals surface area (Å²) in [4.78, 5) is 14.9. The quantitative estimate of drug-likeness (QED) is 0.768. The summed E-state index contributed by atoms with van der Waals surface area (Å²) in [5.41, 5.74) is 11.9. The van der Waals surface area contributed by atoms with E-state index < -0.39 is 5.91 Å². The van der Waals surface area contributed by atoms with Crippen LogP contribution < -0.4 is 11.5 Å². The van der Waals surface area contributed by atoms with E-state index in [1.165, 1.54) is 0 Å². The lowest BCUT2D eigenvalue weighted by Gasteiger charge is -2.02. The molecule has 1 heterocycles. The molecule has 0 unspecified atom stereocenters. The van der Waals surface area contributed by atoms with E-state index in [1.54, 1.807) is 12.1 Å². The number of anilines is 1. The predicted octanol–water partition coefficient (Wildman–Crippen LogP) is 0.700. The second kappa shape index (κ2) is 4.23. The first-order chi connectivity index (χ1) is 6.15. The first-order valence-corrected chi connectivity index (χ1v) is 4.88. The number of primary amides is 1. The standard InChI is InChI=1S/C8H10BrN3O/c9-4-3-5-1-2-6(10)7(12-5)8(11)13/h1-2H,3-4,10H2,(H2,11,13). The van der Waals surface area contributed by atoms with Gasteiger partial charge in [-0.1, -0.05) is 15.9 Å². The Labute approximate surface area is 84.5 Å². The van der Waals surface area contributed by atoms with Crippen LogP contribution in [-0.4, -0.2) is 16.2 Å². The van der Waals surface area contributed by atoms with Crippen molar-refractivity contribution in [3.8, 4) is 0 Å². The van der Waals surface area contributed by atoms with Gasteiger partial charge < -0.3 is 11.5 Å². The number of hydrogen-bond donors (Lipinski definition) is 2. The number of alkyl halides is 1. The maximum atomic E-state index is 10.8. The third kappa shape index (κ3) is 2.42. The van der Waals surface area contributed by atoms with Crippen LogP contribution in [0, 0.1) is 0 Å². The lowest BCUT2D eigenvalue weighted by molar-refractivity contribution is 0.0996. The SMILES string of the molecule is NC(=O)c1nc(CCBr)ccc1N. The molecular formula is C8H10BrN3O. The molecule has 0 aromatic carbocycles. The summed E-state index contributed by atoms with van der Waals surface area (Å²) >= 11 is 3.28. The molecule has 0 radical (unpaired) electrons. The zero-order chi connectivity index (χ0) is 9.84. The number of aryl methyl sites for hydroxylation is 1. The molecule has 1 amide bonds. The van der Waals surface area contributed by atoms with Gasteiger partial charge in [0.15, 0.2) is 5.69 Å². The van der Waals surface area contributed by atoms with Crippen LogP contribution in [0.2, 0.25) is 0 Å². The number of nitrogen functional groups attached to an aromatic ring is 1. The minimum absolute atomic E-state index is 0.151. The van der Waals surface area contributed by atoms with Crippen molar-refractivity contribution in [3.05, 3.63) is 23.5 Å². The molecule has 0 saturated heterocycles. The molecule has 4 N–H and O–H groups in total. The van der Waals surface area contributed by atoms with Gasteiger partial charge in [0.05, 0.1) is 5.69 Å². The second-order valence-corrected chi connectivity index (χ2v) is 3.34. The summed E-state index contributed by atoms with van der Waals surface area (Å²) in [6.45, 7) is 0. The minimum atomic E-state index is -0.589. The highest BCUT2D eigenvalue weighted by molar-refractivity contribution is 9.09. The summed E-state index contributed by atoms with van der Waals surface area (Å²) in [5, 5.41) is 0.794. The number of amides is 1. The molecule has 1 aromatic rings. The Morgan fingerprint density at radius 1 is 1.54 bits per heavy atom. The van der Waals surface area contributed by atoms with Gasteiger partial charge in [-0.2, -0.15) is 0 Å². The number of aromatic nitrogens is 1. The van der Waals surface area contributed by atoms with E-state index in [0.29, 0.717) is 5.69 Å². The third-order valence-corrected chi connectivity index (χ3v) is 1.96. The number of pyridine rings is 1. The number of nitrogens with two attached hydrogens (primary N) is 2. The molecule has 0 aliphatic rings. The summed E-state index contributed by atoms with van der Waals surface area (Å²) in [7, 11) is 0. The highest BCUT2D eigenvalue weighted by atomic mass is 79.9. The van der Waals surface area contributed by atoms with E-state index in [0.717, 1.165) is 17.4 Å². The van der Waals surface area contributed by atoms with Gasteiger partial charge >= 0.3 is 0 Å². The molecule has 1 rings (SSSR count). The summed E-state index contributed by atoms with van der Waals surface area (Å²) in [6, 6.07) is 3.42. The molecule has 5 heteroatoms. The van der Waals surface area contributed by atoms with Gasteiger partial charge in [-0.3, -0.25) is 4.79 Å². The maximum Gasteiger partial charge on any atom is 0.269 e. The van der Waals surface area contributed by atoms with Crippen molar-refractivity contribution in [2.45, 2.75) is 6.42 Å². The van der Waals surface area contributed by atoms with Crippen LogP contribution in [0.3, 0.4) is 0 Å². The third-order valence-electron chi connectivity index (χ3n) is 1.57. The fourth-order valence-corrected chi connectivity index (χ4v) is 1.35. The van der Waals surface area contributed by atoms with E-state index in [4.69, 9.17) is 11.5 Å². The van der Waals surface area contributed by atoms with Crippen molar-refractivity contribution in [1.29, 1.82) is 0 Å². The molecule has 0 saturated carbocycles. The van der Waals surface area contributed by atoms with E-state index in [1.807, 2.05) is 0 Å². The Morgan fingerprint density at radius 2 is 2.23 bits per heavy atom. The van der Waals surface area contributed by atoms with Crippen LogP contribution in [0.1, 0.15) is 16.2 Å². The topological polar surface area (TPSA) is 82.0 Å². The average Bonchev–Trinajstić information content (AvgIpc) is 2.08. The fourth-order valence-electron chi connectivity index (χ4n) is 0.944. The summed E-state index contributed by atoms with van der Waals surface area (Å²) in [6.07, 6.45) is 0.751. The average molecular weight is 244 g/mol. The Hall–Kier alpha value is -1.10. The second-order valence-electron chi connectivity index (χ2n) is 2.54. The minimum Gasteiger partial charge on any atom is -0.397 e. The van der Waals surface area contributed by atoms with Gasteiger partial charge in [-0.05, 0) is 18.6 Å². The smallest absolute Gasteiger partial charge is 0.269 e. The maximum absolute atomic E-state index is 10.8. The Balaban J connectivity index is 3.04. The number of hydrogen-bond acceptors (Lipinski definition) is 3. The summed E-state index contributed by atoms with van der Waals surface area (Å²) < 4.78 is 0. The van der Waals surface area contributed by atoms with Crippen LogP contribution in [-0.2, 0) is 6.42 Å². The number of nitrogens with zero attached hydrogens (tertiary/aromatic N) is 1. The van der Waals surface area contributed by atoms with Crippen molar-refractivity contribution in [2.75, 3.05) is 11.1 Å². The zero-order valence-corrected chi connectivity index (χ0v) is 8.54. The number of carbonyl (C=O) groups is 1. The number of rotatable bonds is 3. The van der Waals surface area contributed by atoms with Gasteiger partial charge in [0, 0.05) is 11.0 Å². The largest absolute Gasteiger partial charge is 0.397 e. The Kier molecular flexibility index (Phi) is 3.25. The van der Waals surface area contributed by atoms with Crippen LogP contribution in [0.4, 0.5) is 5.69 Å². The van der Waals surface area contributed by atoms with Crippen molar-refractivity contribution in [2.24, 2.45) is 5.73 Å². The van der Waals surface area contributed by atoms with Crippen LogP contribution in [0.5, 0.6) is 0 Å². The highest BCUT2D eigenvalue weighted by Crippen LogP contribution is 2.09. The van der Waals surface area contributed by atoms with Crippen molar-refractivity contribution in [1.82, 2.24) is 4.98 Å². The Bertz CT molecular complexity index is 327. The molecule has 0 aliphatic heterocycles. The molecule has 4 nitrogen and oxygen atoms in total. The van der Waals surface area contributed by atoms with E-state index in [-0.39, 0.29) is 5.69 Å². The molecule has 0 aliphatic carbocycles. The number of carbonyl (C=O) groups excluding carboxylic acids is 1. The van der Waals surface area contributed by atoms with Crippen molar-refractivity contribution >= 4 is 27.5 Å². The van der Waals surface area contributed by atoms with Gasteiger partial charge in [-0.15, -0.1) is 0 Å². The van der Waals surface area contributed by atoms with Gasteiger partial charge in [0.25, 0.3) is 5.91 Å². The molecule has 0 spiro atoms. The molecule has 13 heavy (non-hydrogen) atoms. The molecule has 0 fully saturated rings. The summed E-state index contributed by atoms with van der Waals surface area (Å²) in [5.74, 6) is -0.589. The molecule has 0 atom stereocenters. The van der Waals surface area contributed by atoms with Gasteiger partial charge in [-0.25, -0.2) is 4.98 Å². The highest BCUT2D eigenvalue weighted by Gasteiger charge is 2.07.